The van der Waals surface area contributed by atoms with Crippen LogP contribution in [0.1, 0.15) is 24.7 Å². The number of aliphatic hydroxyl groups excluding tert-OH is 2. The molecule has 4 atom stereocenters. The Hall–Kier alpha value is -1.51. The monoisotopic (exact) mass is 244 g/mol. The zero-order valence-electron chi connectivity index (χ0n) is 9.02. The molecule has 94 valence electrons. The minimum absolute atomic E-state index is 0.0467. The maximum Gasteiger partial charge on any atom is 0.295 e. The van der Waals surface area contributed by atoms with Crippen molar-refractivity contribution in [2.75, 3.05) is 0 Å². The number of rotatable bonds is 4. The lowest BCUT2D eigenvalue weighted by atomic mass is 10.1. The van der Waals surface area contributed by atoms with Gasteiger partial charge in [0.1, 0.15) is 12.2 Å². The normalized spacial score (nSPS) is 32.6. The summed E-state index contributed by atoms with van der Waals surface area (Å²) in [5.41, 5.74) is 0. The number of nitrogens with zero attached hydrogens (tertiary/aromatic N) is 2. The molecule has 1 aliphatic heterocycles. The second-order valence-electron chi connectivity index (χ2n) is 3.54. The van der Waals surface area contributed by atoms with Crippen LogP contribution in [-0.2, 0) is 20.7 Å². The van der Waals surface area contributed by atoms with Gasteiger partial charge >= 0.3 is 0 Å². The minimum atomic E-state index is -1.35. The van der Waals surface area contributed by atoms with Crippen molar-refractivity contribution < 1.29 is 29.0 Å². The van der Waals surface area contributed by atoms with Crippen molar-refractivity contribution in [3.63, 3.8) is 0 Å². The van der Waals surface area contributed by atoms with Crippen LogP contribution >= 0.6 is 0 Å². The quantitative estimate of drug-likeness (QED) is 0.643. The summed E-state index contributed by atoms with van der Waals surface area (Å²) in [7, 11) is 0. The van der Waals surface area contributed by atoms with Gasteiger partial charge in [0.25, 0.3) is 12.4 Å². The predicted molar refractivity (Wildman–Crippen MR) is 50.5 cm³/mol. The summed E-state index contributed by atoms with van der Waals surface area (Å²) >= 11 is 0. The van der Waals surface area contributed by atoms with Crippen LogP contribution in [0.5, 0.6) is 0 Å². The van der Waals surface area contributed by atoms with E-state index in [9.17, 15) is 15.0 Å². The Labute approximate surface area is 96.1 Å². The molecule has 1 fully saturated rings. The zero-order chi connectivity index (χ0) is 12.4. The largest absolute Gasteiger partial charge is 0.435 e. The Kier molecular flexibility index (Phi) is 3.36. The summed E-state index contributed by atoms with van der Waals surface area (Å²) in [4.78, 5) is 14.1. The molecule has 2 N–H and O–H groups in total. The van der Waals surface area contributed by atoms with Gasteiger partial charge in [0.15, 0.2) is 11.9 Å². The highest BCUT2D eigenvalue weighted by atomic mass is 16.7. The van der Waals surface area contributed by atoms with Crippen LogP contribution in [0.25, 0.3) is 0 Å². The van der Waals surface area contributed by atoms with E-state index in [0.717, 1.165) is 0 Å². The molecule has 2 rings (SSSR count). The molecule has 0 aliphatic carbocycles. The van der Waals surface area contributed by atoms with Gasteiger partial charge in [-0.05, 0) is 0 Å². The van der Waals surface area contributed by atoms with E-state index in [1.165, 1.54) is 0 Å². The molecule has 0 aromatic carbocycles. The van der Waals surface area contributed by atoms with E-state index in [2.05, 4.69) is 14.9 Å². The third-order valence-electron chi connectivity index (χ3n) is 2.45. The highest BCUT2D eigenvalue weighted by Crippen LogP contribution is 2.32. The summed E-state index contributed by atoms with van der Waals surface area (Å²) < 4.78 is 14.5. The van der Waals surface area contributed by atoms with E-state index in [0.29, 0.717) is 12.2 Å². The number of carbonyl (C=O) groups excluding carboxylic acids is 1. The third-order valence-corrected chi connectivity index (χ3v) is 2.45. The van der Waals surface area contributed by atoms with Crippen LogP contribution in [-0.4, -0.2) is 45.3 Å². The molecular formula is C9H12N2O6. The first-order valence-corrected chi connectivity index (χ1v) is 5.10. The first-order valence-electron chi connectivity index (χ1n) is 5.10. The number of aromatic nitrogens is 2. The maximum atomic E-state index is 10.2. The number of carbonyl (C=O) groups is 1. The van der Waals surface area contributed by atoms with Crippen molar-refractivity contribution in [3.05, 3.63) is 11.7 Å². The van der Waals surface area contributed by atoms with Crippen molar-refractivity contribution in [2.24, 2.45) is 0 Å². The Morgan fingerprint density at radius 1 is 1.47 bits per heavy atom. The van der Waals surface area contributed by atoms with Crippen LogP contribution in [0.4, 0.5) is 0 Å². The van der Waals surface area contributed by atoms with Crippen LogP contribution in [0.2, 0.25) is 0 Å². The van der Waals surface area contributed by atoms with Gasteiger partial charge in [-0.25, -0.2) is 0 Å². The molecule has 4 unspecified atom stereocenters. The number of hydrogen-bond acceptors (Lipinski definition) is 8. The molecule has 1 saturated heterocycles. The van der Waals surface area contributed by atoms with Gasteiger partial charge < -0.3 is 24.2 Å². The van der Waals surface area contributed by atoms with E-state index >= 15 is 0 Å². The fourth-order valence-corrected chi connectivity index (χ4v) is 1.54. The van der Waals surface area contributed by atoms with Crippen LogP contribution in [0.3, 0.4) is 0 Å². The van der Waals surface area contributed by atoms with Gasteiger partial charge in [0, 0.05) is 6.42 Å². The molecule has 1 aromatic heterocycles. The molecule has 1 aliphatic rings. The maximum absolute atomic E-state index is 10.2. The van der Waals surface area contributed by atoms with Gasteiger partial charge in [0.2, 0.25) is 6.29 Å². The molecule has 8 nitrogen and oxygen atoms in total. The predicted octanol–water partition coefficient (Wildman–Crippen LogP) is -1.08. The average Bonchev–Trinajstić information content (AvgIpc) is 2.89. The lowest BCUT2D eigenvalue weighted by Crippen LogP contribution is -2.31. The van der Waals surface area contributed by atoms with Gasteiger partial charge in [-0.1, -0.05) is 12.1 Å². The lowest BCUT2D eigenvalue weighted by Gasteiger charge is -2.10. The number of ether oxygens (including phenoxy) is 2. The Morgan fingerprint density at radius 3 is 2.82 bits per heavy atom. The first kappa shape index (κ1) is 12.0. The van der Waals surface area contributed by atoms with Gasteiger partial charge in [-0.2, -0.15) is 4.98 Å². The van der Waals surface area contributed by atoms with E-state index in [-0.39, 0.29) is 12.4 Å². The summed E-state index contributed by atoms with van der Waals surface area (Å²) in [6.07, 6.45) is -4.29. The molecule has 1 aromatic rings. The van der Waals surface area contributed by atoms with E-state index in [1.807, 2.05) is 6.92 Å². The van der Waals surface area contributed by atoms with Crippen LogP contribution < -0.4 is 0 Å². The third kappa shape index (κ3) is 2.14. The second-order valence-corrected chi connectivity index (χ2v) is 3.54. The summed E-state index contributed by atoms with van der Waals surface area (Å²) in [5.74, 6) is 0.510. The van der Waals surface area contributed by atoms with E-state index in [4.69, 9.17) is 9.26 Å². The molecule has 0 amide bonds. The molecular weight excluding hydrogens is 232 g/mol. The van der Waals surface area contributed by atoms with E-state index < -0.39 is 24.6 Å². The highest BCUT2D eigenvalue weighted by Gasteiger charge is 2.47. The number of aliphatic hydroxyl groups is 2. The smallest absolute Gasteiger partial charge is 0.295 e. The highest BCUT2D eigenvalue weighted by molar-refractivity contribution is 5.37. The fourth-order valence-electron chi connectivity index (χ4n) is 1.54. The van der Waals surface area contributed by atoms with Crippen LogP contribution in [0, 0.1) is 0 Å². The zero-order valence-corrected chi connectivity index (χ0v) is 9.02. The van der Waals surface area contributed by atoms with Crippen molar-refractivity contribution in [2.45, 2.75) is 37.9 Å². The van der Waals surface area contributed by atoms with Crippen molar-refractivity contribution in [1.29, 1.82) is 0 Å². The summed E-state index contributed by atoms with van der Waals surface area (Å²) in [5, 5.41) is 22.9. The van der Waals surface area contributed by atoms with Crippen molar-refractivity contribution in [1.82, 2.24) is 10.1 Å². The second kappa shape index (κ2) is 4.78. The molecule has 0 spiro atoms. The Balaban J connectivity index is 2.14. The SMILES string of the molecule is CCc1noc(C2OC(OC=O)C(O)C2O)n1. The van der Waals surface area contributed by atoms with Gasteiger partial charge in [-0.3, -0.25) is 4.79 Å². The van der Waals surface area contributed by atoms with Crippen molar-refractivity contribution in [3.8, 4) is 0 Å². The molecule has 0 bridgehead atoms. The molecule has 8 heteroatoms. The molecule has 17 heavy (non-hydrogen) atoms. The topological polar surface area (TPSA) is 115 Å². The minimum Gasteiger partial charge on any atom is -0.435 e. The average molecular weight is 244 g/mol. The standard InChI is InChI=1S/C9H12N2O6/c1-2-4-10-8(17-11-4)7-5(13)6(14)9(16-7)15-3-12/h3,5-7,9,13-14H,2H2,1H3. The Morgan fingerprint density at radius 2 is 2.24 bits per heavy atom. The molecule has 2 heterocycles. The first-order chi connectivity index (χ1) is 8.17. The van der Waals surface area contributed by atoms with Gasteiger partial charge in [-0.15, -0.1) is 0 Å². The number of hydrogen-bond donors (Lipinski definition) is 2. The Bertz CT molecular complexity index is 395. The summed E-state index contributed by atoms with van der Waals surface area (Å²) in [6, 6.07) is 0. The molecule has 0 saturated carbocycles. The number of aryl methyl sites for hydroxylation is 1. The van der Waals surface area contributed by atoms with Crippen molar-refractivity contribution >= 4 is 6.47 Å². The van der Waals surface area contributed by atoms with E-state index in [1.54, 1.807) is 0 Å². The lowest BCUT2D eigenvalue weighted by molar-refractivity contribution is -0.176. The fraction of sp³-hybridized carbons (Fsp3) is 0.667. The summed E-state index contributed by atoms with van der Waals surface area (Å²) in [6.45, 7) is 1.97. The molecule has 0 radical (unpaired) electrons. The van der Waals surface area contributed by atoms with Gasteiger partial charge in [0.05, 0.1) is 0 Å². The van der Waals surface area contributed by atoms with Crippen LogP contribution in [0.15, 0.2) is 4.52 Å².